The van der Waals surface area contributed by atoms with Crippen molar-refractivity contribution < 1.29 is 42.2 Å². The molecule has 103 valence electrons. The monoisotopic (exact) mass is 375 g/mol. The van der Waals surface area contributed by atoms with E-state index in [4.69, 9.17) is 15.2 Å². The summed E-state index contributed by atoms with van der Waals surface area (Å²) in [5, 5.41) is 0.575. The van der Waals surface area contributed by atoms with Gasteiger partial charge < -0.3 is 30.2 Å². The van der Waals surface area contributed by atoms with Crippen LogP contribution in [-0.2, 0) is 32.7 Å². The van der Waals surface area contributed by atoms with Crippen molar-refractivity contribution in [3.8, 4) is 11.5 Å². The molecule has 0 spiro atoms. The molecule has 9 heteroatoms. The minimum atomic E-state index is 0. The molecule has 1 aliphatic rings. The van der Waals surface area contributed by atoms with E-state index in [1.165, 1.54) is 18.1 Å². The summed E-state index contributed by atoms with van der Waals surface area (Å²) in [5.74, 6) is 1.81. The van der Waals surface area contributed by atoms with Crippen LogP contribution in [0.15, 0.2) is 34.6 Å². The smallest absolute Gasteiger partial charge is 0.231 e. The second-order valence-electron chi connectivity index (χ2n) is 4.05. The summed E-state index contributed by atoms with van der Waals surface area (Å²) in [5.41, 5.74) is 6.76. The van der Waals surface area contributed by atoms with Gasteiger partial charge in [0.1, 0.15) is 5.82 Å². The summed E-state index contributed by atoms with van der Waals surface area (Å²) in [6, 6.07) is 5.68. The molecule has 0 bridgehead atoms. The van der Waals surface area contributed by atoms with Crippen molar-refractivity contribution in [1.82, 2.24) is 19.9 Å². The van der Waals surface area contributed by atoms with Gasteiger partial charge in [-0.1, -0.05) is 11.8 Å². The van der Waals surface area contributed by atoms with Gasteiger partial charge in [0.15, 0.2) is 11.5 Å². The minimum Gasteiger partial charge on any atom is -0.454 e. The van der Waals surface area contributed by atoms with Crippen LogP contribution in [0, 0.1) is 0 Å². The molecule has 0 fully saturated rings. The first-order valence-corrected chi connectivity index (χ1v) is 6.60. The molecule has 7 nitrogen and oxygen atoms in total. The van der Waals surface area contributed by atoms with Crippen LogP contribution in [0.25, 0.3) is 11.2 Å². The van der Waals surface area contributed by atoms with Crippen LogP contribution in [-0.4, -0.2) is 21.7 Å². The average Bonchev–Trinajstić information content (AvgIpc) is 3.05. The fourth-order valence-electron chi connectivity index (χ4n) is 1.87. The standard InChI is InChI=1S/C12H8N5O2S.Y/c13-10-9-11(15-4-14-10)17-12(16-9)20-6-1-2-7-8(3-6)19-5-18-7;/h1-4H,5H2,(H2-,13,14,15,16,17);/q-1;. The molecule has 0 amide bonds. The van der Waals surface area contributed by atoms with Gasteiger partial charge in [-0.25, -0.2) is 4.98 Å². The maximum atomic E-state index is 5.74. The molecule has 4 rings (SSSR count). The van der Waals surface area contributed by atoms with Crippen LogP contribution in [0.4, 0.5) is 5.82 Å². The molecule has 0 aliphatic carbocycles. The number of fused-ring (bicyclic) bond motifs is 2. The molecule has 3 aromatic rings. The zero-order chi connectivity index (χ0) is 13.5. The summed E-state index contributed by atoms with van der Waals surface area (Å²) in [6.07, 6.45) is 1.38. The van der Waals surface area contributed by atoms with E-state index in [1.54, 1.807) is 0 Å². The SMILES string of the molecule is Nc1ncnc2[n-]c(Sc3ccc4c(c3)OCO4)nc12.[Y]. The maximum Gasteiger partial charge on any atom is 0.231 e. The van der Waals surface area contributed by atoms with E-state index < -0.39 is 0 Å². The Labute approximate surface area is 148 Å². The average molecular weight is 375 g/mol. The Morgan fingerprint density at radius 1 is 1.19 bits per heavy atom. The van der Waals surface area contributed by atoms with Gasteiger partial charge in [0.05, 0.1) is 5.16 Å². The van der Waals surface area contributed by atoms with Crippen molar-refractivity contribution in [3.63, 3.8) is 0 Å². The Bertz CT molecular complexity index is 809. The maximum absolute atomic E-state index is 5.74. The third kappa shape index (κ3) is 2.70. The van der Waals surface area contributed by atoms with E-state index in [-0.39, 0.29) is 39.5 Å². The first-order chi connectivity index (χ1) is 9.79. The molecule has 2 N–H and O–H groups in total. The number of aromatic nitrogens is 4. The number of anilines is 1. The van der Waals surface area contributed by atoms with Gasteiger partial charge in [-0.05, 0) is 18.2 Å². The van der Waals surface area contributed by atoms with Crippen LogP contribution >= 0.6 is 11.8 Å². The quantitative estimate of drug-likeness (QED) is 0.719. The molecule has 1 radical (unpaired) electrons. The van der Waals surface area contributed by atoms with Crippen molar-refractivity contribution in [3.05, 3.63) is 24.5 Å². The zero-order valence-corrected chi connectivity index (χ0v) is 14.3. The number of nitrogen functional groups attached to an aromatic ring is 1. The predicted octanol–water partition coefficient (Wildman–Crippen LogP) is 1.44. The molecule has 3 heterocycles. The van der Waals surface area contributed by atoms with Gasteiger partial charge in [0.25, 0.3) is 0 Å². The van der Waals surface area contributed by atoms with Crippen molar-refractivity contribution >= 4 is 28.7 Å². The van der Waals surface area contributed by atoms with Crippen molar-refractivity contribution in [2.24, 2.45) is 0 Å². The Hall–Kier alpha value is -1.38. The summed E-state index contributed by atoms with van der Waals surface area (Å²) in [4.78, 5) is 17.5. The minimum absolute atomic E-state index is 0. The van der Waals surface area contributed by atoms with E-state index in [1.807, 2.05) is 18.2 Å². The molecular formula is C12H8N5O2SY-. The van der Waals surface area contributed by atoms with Crippen LogP contribution in [0.3, 0.4) is 0 Å². The first-order valence-electron chi connectivity index (χ1n) is 5.78. The van der Waals surface area contributed by atoms with Gasteiger partial charge in [0.2, 0.25) is 6.79 Å². The van der Waals surface area contributed by atoms with Gasteiger partial charge in [-0.15, -0.1) is 0 Å². The first kappa shape index (κ1) is 14.6. The van der Waals surface area contributed by atoms with Gasteiger partial charge in [-0.3, -0.25) is 0 Å². The Balaban J connectivity index is 0.00000132. The van der Waals surface area contributed by atoms with Crippen LogP contribution in [0.5, 0.6) is 11.5 Å². The van der Waals surface area contributed by atoms with Gasteiger partial charge in [0, 0.05) is 55.1 Å². The van der Waals surface area contributed by atoms with Gasteiger partial charge in [-0.2, -0.15) is 0 Å². The molecule has 0 atom stereocenters. The number of imidazole rings is 1. The summed E-state index contributed by atoms with van der Waals surface area (Å²) < 4.78 is 10.6. The molecule has 0 unspecified atom stereocenters. The van der Waals surface area contributed by atoms with E-state index >= 15 is 0 Å². The molecule has 21 heavy (non-hydrogen) atoms. The molecule has 1 aromatic carbocycles. The van der Waals surface area contributed by atoms with Crippen LogP contribution in [0.2, 0.25) is 0 Å². The number of rotatable bonds is 2. The van der Waals surface area contributed by atoms with Gasteiger partial charge >= 0.3 is 0 Å². The number of ether oxygens (including phenoxy) is 2. The summed E-state index contributed by atoms with van der Waals surface area (Å²) in [7, 11) is 0. The topological polar surface area (TPSA) is 97.3 Å². The molecule has 0 saturated heterocycles. The predicted molar refractivity (Wildman–Crippen MR) is 71.8 cm³/mol. The number of hydrogen-bond donors (Lipinski definition) is 1. The zero-order valence-electron chi connectivity index (χ0n) is 10.7. The number of hydrogen-bond acceptors (Lipinski definition) is 7. The molecule has 0 saturated carbocycles. The Kier molecular flexibility index (Phi) is 4.01. The van der Waals surface area contributed by atoms with E-state index in [0.29, 0.717) is 22.1 Å². The van der Waals surface area contributed by atoms with Crippen molar-refractivity contribution in [1.29, 1.82) is 0 Å². The van der Waals surface area contributed by atoms with E-state index in [2.05, 4.69) is 19.9 Å². The molecular weight excluding hydrogens is 367 g/mol. The Morgan fingerprint density at radius 3 is 2.90 bits per heavy atom. The Morgan fingerprint density at radius 2 is 2.05 bits per heavy atom. The van der Waals surface area contributed by atoms with Crippen LogP contribution in [0.1, 0.15) is 0 Å². The third-order valence-corrected chi connectivity index (χ3v) is 3.65. The fourth-order valence-corrected chi connectivity index (χ4v) is 2.66. The van der Waals surface area contributed by atoms with E-state index in [0.717, 1.165) is 16.4 Å². The fraction of sp³-hybridized carbons (Fsp3) is 0.0833. The molecule has 1 aliphatic heterocycles. The largest absolute Gasteiger partial charge is 0.454 e. The van der Waals surface area contributed by atoms with Crippen LogP contribution < -0.4 is 20.2 Å². The summed E-state index contributed by atoms with van der Waals surface area (Å²) in [6.45, 7) is 0.256. The molecule has 2 aromatic heterocycles. The normalized spacial score (nSPS) is 12.4. The number of nitrogens with zero attached hydrogens (tertiary/aromatic N) is 4. The summed E-state index contributed by atoms with van der Waals surface area (Å²) >= 11 is 1.41. The van der Waals surface area contributed by atoms with Crippen molar-refractivity contribution in [2.75, 3.05) is 12.5 Å². The van der Waals surface area contributed by atoms with Crippen molar-refractivity contribution in [2.45, 2.75) is 10.1 Å². The second-order valence-corrected chi connectivity index (χ2v) is 5.10. The third-order valence-electron chi connectivity index (χ3n) is 2.79. The van der Waals surface area contributed by atoms with E-state index in [9.17, 15) is 0 Å². The number of benzene rings is 1. The number of nitrogens with two attached hydrogens (primary N) is 1. The second kappa shape index (κ2) is 5.78.